The zero-order valence-electron chi connectivity index (χ0n) is 13.9. The fourth-order valence-corrected chi connectivity index (χ4v) is 3.39. The van der Waals surface area contributed by atoms with Crippen LogP contribution < -0.4 is 0 Å². The van der Waals surface area contributed by atoms with Crippen molar-refractivity contribution in [2.45, 2.75) is 39.5 Å². The number of allylic oxidation sites excluding steroid dienone is 1. The van der Waals surface area contributed by atoms with Gasteiger partial charge in [-0.15, -0.1) is 6.58 Å². The maximum atomic E-state index is 3.95. The highest BCUT2D eigenvalue weighted by atomic mass is 15.0. The summed E-state index contributed by atoms with van der Waals surface area (Å²) in [6.07, 6.45) is 3.01. The van der Waals surface area contributed by atoms with Crippen molar-refractivity contribution in [2.24, 2.45) is 0 Å². The smallest absolute Gasteiger partial charge is 0.202 e. The van der Waals surface area contributed by atoms with Crippen LogP contribution in [0.3, 0.4) is 0 Å². The number of nitrogens with zero attached hydrogens (tertiary/aromatic N) is 1. The molecule has 0 aliphatic carbocycles. The van der Waals surface area contributed by atoms with Gasteiger partial charge in [0.25, 0.3) is 0 Å². The van der Waals surface area contributed by atoms with Crippen LogP contribution in [0.2, 0.25) is 0 Å². The first kappa shape index (κ1) is 15.5. The molecule has 0 spiro atoms. The maximum absolute atomic E-state index is 3.95. The van der Waals surface area contributed by atoms with E-state index in [2.05, 4.69) is 68.4 Å². The van der Waals surface area contributed by atoms with Crippen LogP contribution in [0.1, 0.15) is 39.7 Å². The Balaban J connectivity index is 0.000000774. The second kappa shape index (κ2) is 5.85. The molecule has 1 nitrogen and oxygen atoms in total. The van der Waals surface area contributed by atoms with Crippen LogP contribution in [0.25, 0.3) is 10.8 Å². The first-order valence-corrected chi connectivity index (χ1v) is 7.80. The Labute approximate surface area is 128 Å². The van der Waals surface area contributed by atoms with Gasteiger partial charge in [0.15, 0.2) is 5.71 Å². The number of rotatable bonds is 2. The first-order valence-electron chi connectivity index (χ1n) is 7.80. The van der Waals surface area contributed by atoms with Crippen molar-refractivity contribution in [1.82, 2.24) is 0 Å². The lowest BCUT2D eigenvalue weighted by Crippen LogP contribution is -2.29. The second-order valence-electron chi connectivity index (χ2n) is 5.65. The minimum absolute atomic E-state index is 0.0622. The van der Waals surface area contributed by atoms with Gasteiger partial charge in [-0.1, -0.05) is 44.2 Å². The molecule has 21 heavy (non-hydrogen) atoms. The van der Waals surface area contributed by atoms with Gasteiger partial charge < -0.3 is 0 Å². The van der Waals surface area contributed by atoms with Crippen LogP contribution in [-0.2, 0) is 5.41 Å². The van der Waals surface area contributed by atoms with E-state index in [4.69, 9.17) is 0 Å². The molecule has 110 valence electrons. The molecule has 0 radical (unpaired) electrons. The van der Waals surface area contributed by atoms with E-state index in [0.29, 0.717) is 0 Å². The average Bonchev–Trinajstić information content (AvgIpc) is 2.72. The Hall–Kier alpha value is -1.89. The summed E-state index contributed by atoms with van der Waals surface area (Å²) in [5.74, 6) is 0. The predicted molar refractivity (Wildman–Crippen MR) is 94.0 cm³/mol. The standard InChI is InChI=1S/C18H20N.C2H6/c1-5-12-18(3)13(2)19(4)16-11-10-14-8-6-7-9-15(14)17(16)18;1-2/h5-11H,1,12H2,2-4H3;1-2H3/q+1;. The van der Waals surface area contributed by atoms with Crippen molar-refractivity contribution in [3.63, 3.8) is 0 Å². The summed E-state index contributed by atoms with van der Waals surface area (Å²) in [5.41, 5.74) is 4.25. The normalized spacial score (nSPS) is 20.0. The Kier molecular flexibility index (Phi) is 4.32. The van der Waals surface area contributed by atoms with E-state index >= 15 is 0 Å². The Morgan fingerprint density at radius 3 is 2.48 bits per heavy atom. The molecule has 2 aromatic carbocycles. The van der Waals surface area contributed by atoms with Gasteiger partial charge >= 0.3 is 0 Å². The largest absolute Gasteiger partial charge is 0.209 e. The number of benzene rings is 2. The number of hydrogen-bond acceptors (Lipinski definition) is 0. The molecule has 1 aliphatic heterocycles. The topological polar surface area (TPSA) is 3.01 Å². The molecule has 1 aliphatic rings. The molecule has 0 saturated carbocycles. The second-order valence-corrected chi connectivity index (χ2v) is 5.65. The molecule has 0 amide bonds. The Morgan fingerprint density at radius 2 is 1.81 bits per heavy atom. The molecule has 1 unspecified atom stereocenters. The molecule has 0 saturated heterocycles. The van der Waals surface area contributed by atoms with E-state index < -0.39 is 0 Å². The summed E-state index contributed by atoms with van der Waals surface area (Å²) in [6, 6.07) is 13.1. The van der Waals surface area contributed by atoms with Crippen molar-refractivity contribution >= 4 is 22.2 Å². The van der Waals surface area contributed by atoms with E-state index in [1.54, 1.807) is 0 Å². The van der Waals surface area contributed by atoms with Crippen molar-refractivity contribution in [3.8, 4) is 0 Å². The summed E-state index contributed by atoms with van der Waals surface area (Å²) in [4.78, 5) is 0. The molecular formula is C20H26N+. The summed E-state index contributed by atoms with van der Waals surface area (Å²) < 4.78 is 2.32. The molecule has 0 fully saturated rings. The highest BCUT2D eigenvalue weighted by Crippen LogP contribution is 2.45. The lowest BCUT2D eigenvalue weighted by Gasteiger charge is -2.21. The lowest BCUT2D eigenvalue weighted by atomic mass is 9.75. The molecule has 2 aromatic rings. The third-order valence-corrected chi connectivity index (χ3v) is 4.67. The number of hydrogen-bond donors (Lipinski definition) is 0. The Bertz CT molecular complexity index is 709. The van der Waals surface area contributed by atoms with Crippen molar-refractivity contribution < 1.29 is 4.58 Å². The molecule has 1 heterocycles. The zero-order valence-corrected chi connectivity index (χ0v) is 13.9. The highest BCUT2D eigenvalue weighted by molar-refractivity contribution is 6.01. The fourth-order valence-electron chi connectivity index (χ4n) is 3.39. The minimum atomic E-state index is 0.0622. The van der Waals surface area contributed by atoms with Gasteiger partial charge in [-0.05, 0) is 30.2 Å². The van der Waals surface area contributed by atoms with Crippen molar-refractivity contribution in [3.05, 3.63) is 54.6 Å². The van der Waals surface area contributed by atoms with Gasteiger partial charge in [-0.25, -0.2) is 4.58 Å². The van der Waals surface area contributed by atoms with Gasteiger partial charge in [0, 0.05) is 18.6 Å². The lowest BCUT2D eigenvalue weighted by molar-refractivity contribution is -0.403. The van der Waals surface area contributed by atoms with E-state index in [-0.39, 0.29) is 5.41 Å². The SMILES string of the molecule is C=CCC1(C)C(C)=[N+](C)c2ccc3ccccc3c21.CC. The molecule has 3 rings (SSSR count). The third-order valence-electron chi connectivity index (χ3n) is 4.67. The fraction of sp³-hybridized carbons (Fsp3) is 0.350. The van der Waals surface area contributed by atoms with Gasteiger partial charge in [0.05, 0.1) is 5.41 Å². The van der Waals surface area contributed by atoms with Gasteiger partial charge in [-0.3, -0.25) is 0 Å². The Morgan fingerprint density at radius 1 is 1.14 bits per heavy atom. The van der Waals surface area contributed by atoms with Crippen LogP contribution >= 0.6 is 0 Å². The zero-order chi connectivity index (χ0) is 15.6. The van der Waals surface area contributed by atoms with Crippen LogP contribution in [0.5, 0.6) is 0 Å². The van der Waals surface area contributed by atoms with Crippen LogP contribution in [0, 0.1) is 0 Å². The molecule has 0 bridgehead atoms. The first-order chi connectivity index (χ1) is 10.1. The summed E-state index contributed by atoms with van der Waals surface area (Å²) in [7, 11) is 2.16. The van der Waals surface area contributed by atoms with E-state index in [1.807, 2.05) is 19.9 Å². The van der Waals surface area contributed by atoms with E-state index in [1.165, 1.54) is 27.7 Å². The molecular weight excluding hydrogens is 254 g/mol. The van der Waals surface area contributed by atoms with E-state index in [0.717, 1.165) is 6.42 Å². The molecule has 1 heteroatoms. The molecule has 0 aromatic heterocycles. The van der Waals surface area contributed by atoms with Crippen molar-refractivity contribution in [2.75, 3.05) is 7.05 Å². The van der Waals surface area contributed by atoms with E-state index in [9.17, 15) is 0 Å². The number of fused-ring (bicyclic) bond motifs is 3. The molecule has 1 atom stereocenters. The highest BCUT2D eigenvalue weighted by Gasteiger charge is 2.45. The average molecular weight is 280 g/mol. The van der Waals surface area contributed by atoms with Crippen LogP contribution in [-0.4, -0.2) is 17.3 Å². The van der Waals surface area contributed by atoms with Gasteiger partial charge in [0.1, 0.15) is 7.05 Å². The van der Waals surface area contributed by atoms with Crippen molar-refractivity contribution in [1.29, 1.82) is 0 Å². The van der Waals surface area contributed by atoms with Gasteiger partial charge in [0.2, 0.25) is 5.69 Å². The van der Waals surface area contributed by atoms with Crippen LogP contribution in [0.15, 0.2) is 49.1 Å². The predicted octanol–water partition coefficient (Wildman–Crippen LogP) is 5.45. The maximum Gasteiger partial charge on any atom is 0.209 e. The summed E-state index contributed by atoms with van der Waals surface area (Å²) in [5, 5.41) is 2.69. The van der Waals surface area contributed by atoms with Crippen LogP contribution in [0.4, 0.5) is 5.69 Å². The van der Waals surface area contributed by atoms with Gasteiger partial charge in [-0.2, -0.15) is 0 Å². The summed E-state index contributed by atoms with van der Waals surface area (Å²) >= 11 is 0. The minimum Gasteiger partial charge on any atom is -0.202 e. The quantitative estimate of drug-likeness (QED) is 0.508. The summed E-state index contributed by atoms with van der Waals surface area (Å²) in [6.45, 7) is 12.5. The molecule has 0 N–H and O–H groups in total. The monoisotopic (exact) mass is 280 g/mol. The third kappa shape index (κ3) is 2.21.